The van der Waals surface area contributed by atoms with E-state index in [1.807, 2.05) is 0 Å². The summed E-state index contributed by atoms with van der Waals surface area (Å²) >= 11 is 0. The molecule has 5 N–H and O–H groups in total. The fourth-order valence-electron chi connectivity index (χ4n) is 0. The highest BCUT2D eigenvalue weighted by atomic mass is 14.5. The predicted octanol–water partition coefficient (Wildman–Crippen LogP) is -0.369. The maximum Gasteiger partial charge on any atom is 0.0815 e. The third-order valence-electron chi connectivity index (χ3n) is 0.0913. The van der Waals surface area contributed by atoms with E-state index in [4.69, 9.17) is 5.26 Å². The number of hydrogen-bond acceptors (Lipinski definition) is 3. The molecule has 0 fully saturated rings. The standard InChI is InChI=1S/C2H4N2.H3N/c3-1-2-4;/h1,3H2;1H3. The molecule has 30 valence electrons. The van der Waals surface area contributed by atoms with Crippen molar-refractivity contribution in [1.29, 1.82) is 5.26 Å². The van der Waals surface area contributed by atoms with Crippen LogP contribution in [0.5, 0.6) is 0 Å². The Labute approximate surface area is 31.0 Å². The Morgan fingerprint density at radius 2 is 2.00 bits per heavy atom. The minimum atomic E-state index is 0. The van der Waals surface area contributed by atoms with Crippen molar-refractivity contribution in [3.63, 3.8) is 0 Å². The van der Waals surface area contributed by atoms with Gasteiger partial charge in [0.1, 0.15) is 0 Å². The van der Waals surface area contributed by atoms with Gasteiger partial charge in [0, 0.05) is 0 Å². The van der Waals surface area contributed by atoms with Gasteiger partial charge in [0.2, 0.25) is 0 Å². The van der Waals surface area contributed by atoms with Gasteiger partial charge < -0.3 is 11.9 Å². The van der Waals surface area contributed by atoms with Crippen molar-refractivity contribution in [3.8, 4) is 6.07 Å². The molecule has 0 aliphatic rings. The first-order valence-electron chi connectivity index (χ1n) is 0.985. The molecule has 0 heterocycles. The van der Waals surface area contributed by atoms with Crippen molar-refractivity contribution in [2.75, 3.05) is 6.54 Å². The van der Waals surface area contributed by atoms with Crippen molar-refractivity contribution in [2.24, 2.45) is 5.73 Å². The summed E-state index contributed by atoms with van der Waals surface area (Å²) in [7, 11) is 0. The molecule has 3 heteroatoms. The Morgan fingerprint density at radius 1 is 1.80 bits per heavy atom. The summed E-state index contributed by atoms with van der Waals surface area (Å²) in [5, 5.41) is 7.50. The Morgan fingerprint density at radius 3 is 2.00 bits per heavy atom. The van der Waals surface area contributed by atoms with Crippen LogP contribution in [0.2, 0.25) is 0 Å². The van der Waals surface area contributed by atoms with E-state index >= 15 is 0 Å². The monoisotopic (exact) mass is 73.1 g/mol. The molecular formula is C2H7N3. The van der Waals surface area contributed by atoms with E-state index in [1.54, 1.807) is 6.07 Å². The summed E-state index contributed by atoms with van der Waals surface area (Å²) in [5.74, 6) is 0. The molecule has 0 spiro atoms. The van der Waals surface area contributed by atoms with E-state index in [0.717, 1.165) is 0 Å². The topological polar surface area (TPSA) is 84.8 Å². The quantitative estimate of drug-likeness (QED) is 0.383. The first kappa shape index (κ1) is 8.83. The van der Waals surface area contributed by atoms with Crippen LogP contribution in [-0.4, -0.2) is 6.54 Å². The molecule has 0 aromatic heterocycles. The Kier molecular flexibility index (Phi) is 17.6. The zero-order valence-corrected chi connectivity index (χ0v) is 2.94. The summed E-state index contributed by atoms with van der Waals surface area (Å²) in [5.41, 5.74) is 4.67. The molecule has 5 heavy (non-hydrogen) atoms. The van der Waals surface area contributed by atoms with Crippen LogP contribution in [0.1, 0.15) is 0 Å². The van der Waals surface area contributed by atoms with E-state index in [9.17, 15) is 0 Å². The van der Waals surface area contributed by atoms with E-state index in [2.05, 4.69) is 5.73 Å². The third-order valence-corrected chi connectivity index (χ3v) is 0.0913. The Balaban J connectivity index is 0. The molecule has 0 radical (unpaired) electrons. The number of nitrogens with zero attached hydrogens (tertiary/aromatic N) is 1. The number of rotatable bonds is 0. The lowest BCUT2D eigenvalue weighted by Crippen LogP contribution is -1.91. The van der Waals surface area contributed by atoms with Gasteiger partial charge in [0.25, 0.3) is 0 Å². The molecule has 0 unspecified atom stereocenters. The molecular weight excluding hydrogens is 66.0 g/mol. The lowest BCUT2D eigenvalue weighted by atomic mass is 10.8. The van der Waals surface area contributed by atoms with E-state index < -0.39 is 0 Å². The molecule has 0 saturated carbocycles. The van der Waals surface area contributed by atoms with E-state index in [-0.39, 0.29) is 12.7 Å². The van der Waals surface area contributed by atoms with Gasteiger partial charge in [-0.15, -0.1) is 0 Å². The summed E-state index contributed by atoms with van der Waals surface area (Å²) < 4.78 is 0. The first-order valence-corrected chi connectivity index (χ1v) is 0.985. The molecule has 0 aliphatic heterocycles. The molecule has 0 aromatic rings. The smallest absolute Gasteiger partial charge is 0.0815 e. The first-order chi connectivity index (χ1) is 1.91. The molecule has 0 bridgehead atoms. The predicted molar refractivity (Wildman–Crippen MR) is 19.7 cm³/mol. The second kappa shape index (κ2) is 9.96. The average Bonchev–Trinajstić information content (AvgIpc) is 1.37. The van der Waals surface area contributed by atoms with Gasteiger partial charge in [-0.25, -0.2) is 0 Å². The fraction of sp³-hybridized carbons (Fsp3) is 0.500. The summed E-state index contributed by atoms with van der Waals surface area (Å²) in [6, 6.07) is 1.71. The van der Waals surface area contributed by atoms with Gasteiger partial charge in [-0.05, 0) is 0 Å². The van der Waals surface area contributed by atoms with Crippen LogP contribution in [0.4, 0.5) is 0 Å². The number of nitriles is 1. The van der Waals surface area contributed by atoms with Gasteiger partial charge in [-0.3, -0.25) is 0 Å². The molecule has 0 aliphatic carbocycles. The van der Waals surface area contributed by atoms with E-state index in [1.165, 1.54) is 0 Å². The summed E-state index contributed by atoms with van der Waals surface area (Å²) in [6.07, 6.45) is 0. The zero-order chi connectivity index (χ0) is 3.41. The highest BCUT2D eigenvalue weighted by Crippen LogP contribution is 1.25. The molecule has 0 saturated heterocycles. The lowest BCUT2D eigenvalue weighted by Gasteiger charge is -1.51. The second-order valence-electron chi connectivity index (χ2n) is 0.362. The summed E-state index contributed by atoms with van der Waals surface area (Å²) in [4.78, 5) is 0. The van der Waals surface area contributed by atoms with Crippen LogP contribution in [0.15, 0.2) is 0 Å². The van der Waals surface area contributed by atoms with Crippen LogP contribution in [0.3, 0.4) is 0 Å². The van der Waals surface area contributed by atoms with Crippen LogP contribution >= 0.6 is 0 Å². The zero-order valence-electron chi connectivity index (χ0n) is 2.94. The molecule has 0 aromatic carbocycles. The number of nitrogens with two attached hydrogens (primary N) is 1. The van der Waals surface area contributed by atoms with Crippen molar-refractivity contribution < 1.29 is 0 Å². The molecule has 0 rings (SSSR count). The van der Waals surface area contributed by atoms with Crippen molar-refractivity contribution in [2.45, 2.75) is 0 Å². The second-order valence-corrected chi connectivity index (χ2v) is 0.362. The molecule has 0 amide bonds. The van der Waals surface area contributed by atoms with Crippen LogP contribution in [0.25, 0.3) is 0 Å². The lowest BCUT2D eigenvalue weighted by molar-refractivity contribution is 1.25. The van der Waals surface area contributed by atoms with Crippen molar-refractivity contribution >= 4 is 0 Å². The van der Waals surface area contributed by atoms with Crippen molar-refractivity contribution in [1.82, 2.24) is 6.15 Å². The van der Waals surface area contributed by atoms with Crippen LogP contribution < -0.4 is 11.9 Å². The average molecular weight is 73.1 g/mol. The van der Waals surface area contributed by atoms with Crippen LogP contribution in [-0.2, 0) is 0 Å². The number of hydrogen-bond donors (Lipinski definition) is 2. The van der Waals surface area contributed by atoms with Crippen molar-refractivity contribution in [3.05, 3.63) is 0 Å². The largest absolute Gasteiger partial charge is 0.344 e. The molecule has 0 atom stereocenters. The van der Waals surface area contributed by atoms with Gasteiger partial charge in [-0.2, -0.15) is 5.26 Å². The molecule has 3 nitrogen and oxygen atoms in total. The van der Waals surface area contributed by atoms with Gasteiger partial charge in [0.15, 0.2) is 0 Å². The van der Waals surface area contributed by atoms with Gasteiger partial charge in [-0.1, -0.05) is 0 Å². The van der Waals surface area contributed by atoms with Gasteiger partial charge >= 0.3 is 0 Å². The minimum Gasteiger partial charge on any atom is -0.344 e. The minimum absolute atomic E-state index is 0. The highest BCUT2D eigenvalue weighted by molar-refractivity contribution is 4.67. The summed E-state index contributed by atoms with van der Waals surface area (Å²) in [6.45, 7) is 0.125. The third kappa shape index (κ3) is 40.3. The maximum absolute atomic E-state index is 7.50. The normalized spacial score (nSPS) is 4.00. The Hall–Kier alpha value is -0.590. The maximum atomic E-state index is 7.50. The van der Waals surface area contributed by atoms with Gasteiger partial charge in [0.05, 0.1) is 12.6 Å². The van der Waals surface area contributed by atoms with E-state index in [0.29, 0.717) is 0 Å². The SMILES string of the molecule is N.N#CCN. The Bertz CT molecular complexity index is 34.6. The fourth-order valence-corrected chi connectivity index (χ4v) is 0. The highest BCUT2D eigenvalue weighted by Gasteiger charge is 1.48. The van der Waals surface area contributed by atoms with Crippen LogP contribution in [0, 0.1) is 11.3 Å².